The number of aromatic nitrogens is 2. The summed E-state index contributed by atoms with van der Waals surface area (Å²) in [5.41, 5.74) is -0.0817. The maximum Gasteiger partial charge on any atom is 0.252 e. The lowest BCUT2D eigenvalue weighted by atomic mass is 9.94. The zero-order chi connectivity index (χ0) is 14.0. The van der Waals surface area contributed by atoms with Crippen molar-refractivity contribution in [1.82, 2.24) is 14.9 Å². The molecule has 1 saturated heterocycles. The van der Waals surface area contributed by atoms with Gasteiger partial charge in [0.05, 0.1) is 0 Å². The Bertz CT molecular complexity index is 483. The zero-order valence-corrected chi connectivity index (χ0v) is 12.2. The molecule has 19 heavy (non-hydrogen) atoms. The van der Waals surface area contributed by atoms with E-state index in [1.165, 1.54) is 0 Å². The lowest BCUT2D eigenvalue weighted by Crippen LogP contribution is -2.43. The highest BCUT2D eigenvalue weighted by atomic mass is 16.1. The number of likely N-dealkylation sites (tertiary alicyclic amines) is 1. The Morgan fingerprint density at radius 2 is 2.26 bits per heavy atom. The number of hydrogen-bond acceptors (Lipinski definition) is 4. The van der Waals surface area contributed by atoms with Crippen molar-refractivity contribution < 1.29 is 0 Å². The number of anilines is 1. The summed E-state index contributed by atoms with van der Waals surface area (Å²) in [6.45, 7) is 8.46. The number of hydrogen-bond donors (Lipinski definition) is 2. The molecule has 5 heteroatoms. The minimum atomic E-state index is -0.0817. The van der Waals surface area contributed by atoms with Crippen molar-refractivity contribution in [3.8, 4) is 0 Å². The number of aromatic amines is 1. The Balaban J connectivity index is 2.12. The second-order valence-electron chi connectivity index (χ2n) is 5.95. The van der Waals surface area contributed by atoms with Gasteiger partial charge >= 0.3 is 0 Å². The lowest BCUT2D eigenvalue weighted by molar-refractivity contribution is 0.206. The molecule has 5 nitrogen and oxygen atoms in total. The fraction of sp³-hybridized carbons (Fsp3) is 0.714. The van der Waals surface area contributed by atoms with Gasteiger partial charge in [-0.25, -0.2) is 4.98 Å². The maximum atomic E-state index is 11.6. The van der Waals surface area contributed by atoms with Crippen LogP contribution in [0.4, 0.5) is 5.82 Å². The first kappa shape index (κ1) is 14.1. The third-order valence-corrected chi connectivity index (χ3v) is 3.75. The summed E-state index contributed by atoms with van der Waals surface area (Å²) in [4.78, 5) is 21.3. The van der Waals surface area contributed by atoms with Crippen LogP contribution in [0, 0.1) is 5.92 Å². The molecule has 1 aliphatic heterocycles. The van der Waals surface area contributed by atoms with E-state index in [2.05, 4.69) is 34.2 Å². The highest BCUT2D eigenvalue weighted by Crippen LogP contribution is 2.19. The van der Waals surface area contributed by atoms with Crippen LogP contribution in [-0.2, 0) is 0 Å². The molecule has 2 atom stereocenters. The van der Waals surface area contributed by atoms with Crippen LogP contribution in [-0.4, -0.2) is 41.0 Å². The van der Waals surface area contributed by atoms with Gasteiger partial charge in [0.1, 0.15) is 11.6 Å². The predicted octanol–water partition coefficient (Wildman–Crippen LogP) is 1.65. The van der Waals surface area contributed by atoms with E-state index in [-0.39, 0.29) is 11.5 Å². The molecular formula is C14H24N4O. The van der Waals surface area contributed by atoms with Crippen LogP contribution in [0.3, 0.4) is 0 Å². The Morgan fingerprint density at radius 1 is 1.53 bits per heavy atom. The summed E-state index contributed by atoms with van der Waals surface area (Å²) in [7, 11) is 2.15. The number of rotatable bonds is 3. The first-order chi connectivity index (χ1) is 8.95. The molecule has 0 amide bonds. The van der Waals surface area contributed by atoms with Crippen molar-refractivity contribution in [2.45, 2.75) is 39.2 Å². The fourth-order valence-electron chi connectivity index (χ4n) is 2.58. The predicted molar refractivity (Wildman–Crippen MR) is 77.6 cm³/mol. The van der Waals surface area contributed by atoms with E-state index in [0.717, 1.165) is 25.3 Å². The second kappa shape index (κ2) is 5.74. The quantitative estimate of drug-likeness (QED) is 0.871. The van der Waals surface area contributed by atoms with Crippen LogP contribution < -0.4 is 10.9 Å². The van der Waals surface area contributed by atoms with E-state index >= 15 is 0 Å². The van der Waals surface area contributed by atoms with Gasteiger partial charge in [-0.1, -0.05) is 20.8 Å². The molecule has 2 N–H and O–H groups in total. The van der Waals surface area contributed by atoms with Crippen molar-refractivity contribution in [3.05, 3.63) is 22.2 Å². The smallest absolute Gasteiger partial charge is 0.252 e. The maximum absolute atomic E-state index is 11.6. The molecule has 0 aromatic carbocycles. The van der Waals surface area contributed by atoms with Crippen molar-refractivity contribution in [2.24, 2.45) is 5.92 Å². The summed E-state index contributed by atoms with van der Waals surface area (Å²) in [6.07, 6.45) is 1.09. The van der Waals surface area contributed by atoms with E-state index in [4.69, 9.17) is 0 Å². The largest absolute Gasteiger partial charge is 0.367 e. The van der Waals surface area contributed by atoms with Crippen molar-refractivity contribution >= 4 is 5.82 Å². The average molecular weight is 264 g/mol. The van der Waals surface area contributed by atoms with E-state index in [1.807, 2.05) is 13.8 Å². The molecule has 0 radical (unpaired) electrons. The van der Waals surface area contributed by atoms with Gasteiger partial charge in [-0.15, -0.1) is 0 Å². The molecule has 2 heterocycles. The molecule has 1 aromatic rings. The monoisotopic (exact) mass is 264 g/mol. The van der Waals surface area contributed by atoms with Gasteiger partial charge in [0.15, 0.2) is 0 Å². The Hall–Kier alpha value is -1.36. The van der Waals surface area contributed by atoms with E-state index in [9.17, 15) is 4.79 Å². The van der Waals surface area contributed by atoms with E-state index in [0.29, 0.717) is 17.8 Å². The zero-order valence-electron chi connectivity index (χ0n) is 12.2. The molecule has 0 aliphatic carbocycles. The molecule has 0 bridgehead atoms. The Kier molecular flexibility index (Phi) is 4.24. The Morgan fingerprint density at radius 3 is 2.89 bits per heavy atom. The summed E-state index contributed by atoms with van der Waals surface area (Å²) >= 11 is 0. The van der Waals surface area contributed by atoms with Crippen LogP contribution in [0.15, 0.2) is 10.9 Å². The third kappa shape index (κ3) is 3.56. The van der Waals surface area contributed by atoms with E-state index in [1.54, 1.807) is 6.07 Å². The highest BCUT2D eigenvalue weighted by Gasteiger charge is 2.24. The van der Waals surface area contributed by atoms with Gasteiger partial charge < -0.3 is 15.2 Å². The summed E-state index contributed by atoms with van der Waals surface area (Å²) in [5, 5.41) is 3.43. The molecule has 2 rings (SSSR count). The minimum absolute atomic E-state index is 0.0817. The van der Waals surface area contributed by atoms with E-state index < -0.39 is 0 Å². The highest BCUT2D eigenvalue weighted by molar-refractivity contribution is 5.35. The van der Waals surface area contributed by atoms with Crippen LogP contribution in [0.25, 0.3) is 0 Å². The molecule has 0 saturated carbocycles. The first-order valence-corrected chi connectivity index (χ1v) is 7.02. The van der Waals surface area contributed by atoms with Gasteiger partial charge in [-0.05, 0) is 25.9 Å². The standard InChI is InChI=1S/C14H24N4O/c1-9(2)14-16-12(7-13(19)17-14)15-11-5-6-18(4)8-10(11)3/h7,9-11H,5-6,8H2,1-4H3,(H2,15,16,17,19). The van der Waals surface area contributed by atoms with Crippen LogP contribution in [0.2, 0.25) is 0 Å². The SMILES string of the molecule is CC(C)c1nc(NC2CCN(C)CC2C)cc(=O)[nH]1. The number of piperidine rings is 1. The Labute approximate surface area is 114 Å². The lowest BCUT2D eigenvalue weighted by Gasteiger charge is -2.35. The molecule has 106 valence electrons. The first-order valence-electron chi connectivity index (χ1n) is 7.02. The summed E-state index contributed by atoms with van der Waals surface area (Å²) in [6, 6.07) is 1.95. The van der Waals surface area contributed by atoms with Crippen molar-refractivity contribution in [1.29, 1.82) is 0 Å². The molecule has 0 spiro atoms. The number of H-pyrrole nitrogens is 1. The summed E-state index contributed by atoms with van der Waals surface area (Å²) < 4.78 is 0. The molecular weight excluding hydrogens is 240 g/mol. The second-order valence-corrected chi connectivity index (χ2v) is 5.95. The average Bonchev–Trinajstić information content (AvgIpc) is 2.32. The van der Waals surface area contributed by atoms with Gasteiger partial charge in [0, 0.05) is 24.6 Å². The summed E-state index contributed by atoms with van der Waals surface area (Å²) in [5.74, 6) is 2.23. The van der Waals surface area contributed by atoms with Gasteiger partial charge in [-0.3, -0.25) is 4.79 Å². The van der Waals surface area contributed by atoms with Crippen LogP contribution >= 0.6 is 0 Å². The van der Waals surface area contributed by atoms with Crippen LogP contribution in [0.1, 0.15) is 38.9 Å². The fourth-order valence-corrected chi connectivity index (χ4v) is 2.58. The van der Waals surface area contributed by atoms with Crippen molar-refractivity contribution in [2.75, 3.05) is 25.5 Å². The van der Waals surface area contributed by atoms with Gasteiger partial charge in [0.25, 0.3) is 5.56 Å². The minimum Gasteiger partial charge on any atom is -0.367 e. The molecule has 1 aliphatic rings. The molecule has 1 fully saturated rings. The molecule has 2 unspecified atom stereocenters. The van der Waals surface area contributed by atoms with Gasteiger partial charge in [-0.2, -0.15) is 0 Å². The normalized spacial score (nSPS) is 24.7. The van der Waals surface area contributed by atoms with Crippen LogP contribution in [0.5, 0.6) is 0 Å². The number of nitrogens with zero attached hydrogens (tertiary/aromatic N) is 2. The third-order valence-electron chi connectivity index (χ3n) is 3.75. The van der Waals surface area contributed by atoms with Crippen molar-refractivity contribution in [3.63, 3.8) is 0 Å². The number of nitrogens with one attached hydrogen (secondary N) is 2. The topological polar surface area (TPSA) is 61.0 Å². The molecule has 1 aromatic heterocycles. The van der Waals surface area contributed by atoms with Gasteiger partial charge in [0.2, 0.25) is 0 Å².